The van der Waals surface area contributed by atoms with Gasteiger partial charge in [0.15, 0.2) is 0 Å². The lowest BCUT2D eigenvalue weighted by Crippen LogP contribution is -2.36. The summed E-state index contributed by atoms with van der Waals surface area (Å²) in [6.45, 7) is 3.20. The lowest BCUT2D eigenvalue weighted by atomic mass is 10.3. The van der Waals surface area contributed by atoms with Gasteiger partial charge >= 0.3 is 5.97 Å². The van der Waals surface area contributed by atoms with E-state index >= 15 is 0 Å². The lowest BCUT2D eigenvalue weighted by Gasteiger charge is -2.06. The summed E-state index contributed by atoms with van der Waals surface area (Å²) in [4.78, 5) is 19.8. The number of hydrazine groups is 1. The van der Waals surface area contributed by atoms with Crippen molar-refractivity contribution in [3.05, 3.63) is 36.9 Å². The third kappa shape index (κ3) is 4.12. The monoisotopic (exact) mass is 210 g/mol. The zero-order valence-electron chi connectivity index (χ0n) is 7.77. The lowest BCUT2D eigenvalue weighted by molar-refractivity contribution is -0.153. The molecule has 0 fully saturated rings. The van der Waals surface area contributed by atoms with Crippen molar-refractivity contribution < 1.29 is 19.6 Å². The minimum Gasteiger partial charge on any atom is -0.508 e. The second-order valence-electron chi connectivity index (χ2n) is 2.43. The summed E-state index contributed by atoms with van der Waals surface area (Å²) in [5.74, 6) is -0.0693. The first-order valence-corrected chi connectivity index (χ1v) is 4.01. The number of aromatic hydroxyl groups is 1. The molecule has 0 spiro atoms. The highest BCUT2D eigenvalue weighted by molar-refractivity contribution is 5.80. The number of rotatable bonds is 5. The molecule has 0 amide bonds. The molecule has 0 radical (unpaired) electrons. The highest BCUT2D eigenvalue weighted by Crippen LogP contribution is 2.14. The van der Waals surface area contributed by atoms with E-state index in [9.17, 15) is 4.79 Å². The second-order valence-corrected chi connectivity index (χ2v) is 2.43. The van der Waals surface area contributed by atoms with Crippen LogP contribution in [0.25, 0.3) is 0 Å². The van der Waals surface area contributed by atoms with Crippen LogP contribution in [0.1, 0.15) is 0 Å². The molecule has 0 aliphatic heterocycles. The van der Waals surface area contributed by atoms with Gasteiger partial charge in [0.25, 0.3) is 0 Å². The third-order valence-electron chi connectivity index (χ3n) is 1.37. The van der Waals surface area contributed by atoms with Gasteiger partial charge in [0.05, 0.1) is 0 Å². The van der Waals surface area contributed by atoms with Crippen LogP contribution >= 0.6 is 0 Å². The molecule has 80 valence electrons. The fraction of sp³-hybridized carbons (Fsp3) is 0. The number of carbonyl (C=O) groups excluding carboxylic acids is 1. The van der Waals surface area contributed by atoms with E-state index in [1.54, 1.807) is 0 Å². The van der Waals surface area contributed by atoms with E-state index in [1.807, 2.05) is 5.59 Å². The highest BCUT2D eigenvalue weighted by atomic mass is 16.8. The van der Waals surface area contributed by atoms with Gasteiger partial charge in [-0.05, 0) is 24.3 Å². The summed E-state index contributed by atoms with van der Waals surface area (Å²) in [7, 11) is 0. The van der Waals surface area contributed by atoms with E-state index < -0.39 is 5.97 Å². The summed E-state index contributed by atoms with van der Waals surface area (Å²) in [6.07, 6.45) is 0.995. The molecule has 0 saturated carbocycles. The van der Waals surface area contributed by atoms with Gasteiger partial charge in [0.1, 0.15) is 11.5 Å². The second kappa shape index (κ2) is 5.63. The number of benzene rings is 1. The number of hydrogen-bond donors (Lipinski definition) is 3. The molecule has 0 heterocycles. The first-order chi connectivity index (χ1) is 7.22. The fourth-order valence-corrected chi connectivity index (χ4v) is 0.707. The van der Waals surface area contributed by atoms with E-state index in [2.05, 4.69) is 17.0 Å². The molecule has 1 rings (SSSR count). The van der Waals surface area contributed by atoms with E-state index in [0.29, 0.717) is 5.75 Å². The highest BCUT2D eigenvalue weighted by Gasteiger charge is 1.95. The first-order valence-electron chi connectivity index (χ1n) is 4.01. The topological polar surface area (TPSA) is 79.8 Å². The number of hydrogen-bond acceptors (Lipinski definition) is 6. The number of nitrogens with one attached hydrogen (secondary N) is 2. The smallest absolute Gasteiger partial charge is 0.350 e. The molecule has 3 N–H and O–H groups in total. The molecule has 0 aliphatic rings. The van der Waals surface area contributed by atoms with Gasteiger partial charge in [-0.2, -0.15) is 0 Å². The zero-order chi connectivity index (χ0) is 11.1. The molecule has 1 aromatic carbocycles. The average Bonchev–Trinajstić information content (AvgIpc) is 2.26. The fourth-order valence-electron chi connectivity index (χ4n) is 0.707. The SMILES string of the molecule is C=CC(=O)ONNOc1ccc(O)cc1. The Morgan fingerprint density at radius 1 is 1.33 bits per heavy atom. The van der Waals surface area contributed by atoms with Gasteiger partial charge in [-0.25, -0.2) is 4.79 Å². The molecular formula is C9H10N2O4. The van der Waals surface area contributed by atoms with Gasteiger partial charge in [-0.3, -0.25) is 0 Å². The largest absolute Gasteiger partial charge is 0.508 e. The Kier molecular flexibility index (Phi) is 4.14. The molecule has 6 nitrogen and oxygen atoms in total. The minimum atomic E-state index is -0.642. The normalized spacial score (nSPS) is 9.33. The summed E-state index contributed by atoms with van der Waals surface area (Å²) in [5.41, 5.74) is 4.21. The molecule has 0 bridgehead atoms. The maximum Gasteiger partial charge on any atom is 0.350 e. The number of carbonyl (C=O) groups is 1. The average molecular weight is 210 g/mol. The van der Waals surface area contributed by atoms with Crippen LogP contribution in [0, 0.1) is 0 Å². The van der Waals surface area contributed by atoms with Crippen molar-refractivity contribution >= 4 is 5.97 Å². The maximum atomic E-state index is 10.5. The Labute approximate surface area is 86.0 Å². The Morgan fingerprint density at radius 3 is 2.60 bits per heavy atom. The minimum absolute atomic E-state index is 0.133. The Morgan fingerprint density at radius 2 is 2.00 bits per heavy atom. The van der Waals surface area contributed by atoms with Crippen molar-refractivity contribution in [2.24, 2.45) is 0 Å². The van der Waals surface area contributed by atoms with Crippen LogP contribution in [0.2, 0.25) is 0 Å². The van der Waals surface area contributed by atoms with Crippen molar-refractivity contribution in [1.82, 2.24) is 11.2 Å². The van der Waals surface area contributed by atoms with E-state index in [-0.39, 0.29) is 5.75 Å². The van der Waals surface area contributed by atoms with Gasteiger partial charge in [0, 0.05) is 6.08 Å². The van der Waals surface area contributed by atoms with Gasteiger partial charge in [-0.15, -0.1) is 0 Å². The van der Waals surface area contributed by atoms with Gasteiger partial charge in [0.2, 0.25) is 0 Å². The summed E-state index contributed by atoms with van der Waals surface area (Å²) < 4.78 is 0. The van der Waals surface area contributed by atoms with Crippen LogP contribution in [0.5, 0.6) is 11.5 Å². The van der Waals surface area contributed by atoms with Crippen LogP contribution in [-0.2, 0) is 9.63 Å². The van der Waals surface area contributed by atoms with Crippen molar-refractivity contribution in [2.45, 2.75) is 0 Å². The number of phenols is 1. The van der Waals surface area contributed by atoms with Crippen LogP contribution < -0.4 is 16.0 Å². The van der Waals surface area contributed by atoms with Gasteiger partial charge in [-0.1, -0.05) is 17.8 Å². The molecule has 0 atom stereocenters. The first kappa shape index (κ1) is 11.0. The van der Waals surface area contributed by atoms with E-state index in [0.717, 1.165) is 6.08 Å². The Bertz CT molecular complexity index is 336. The molecule has 15 heavy (non-hydrogen) atoms. The molecule has 0 aromatic heterocycles. The molecule has 1 aromatic rings. The molecule has 0 aliphatic carbocycles. The molecule has 0 unspecified atom stereocenters. The van der Waals surface area contributed by atoms with Crippen molar-refractivity contribution in [3.8, 4) is 11.5 Å². The summed E-state index contributed by atoms with van der Waals surface area (Å²) in [6, 6.07) is 5.96. The van der Waals surface area contributed by atoms with Crippen LogP contribution in [0.4, 0.5) is 0 Å². The van der Waals surface area contributed by atoms with Crippen LogP contribution in [0.15, 0.2) is 36.9 Å². The standard InChI is InChI=1S/C9H10N2O4/c1-2-9(13)15-11-10-14-8-5-3-7(12)4-6-8/h2-6,10-12H,1H2. The van der Waals surface area contributed by atoms with Crippen molar-refractivity contribution in [1.29, 1.82) is 0 Å². The Hall–Kier alpha value is -2.05. The number of phenolic OH excluding ortho intramolecular Hbond substituents is 1. The third-order valence-corrected chi connectivity index (χ3v) is 1.37. The summed E-state index contributed by atoms with van der Waals surface area (Å²) in [5, 5.41) is 8.96. The Balaban J connectivity index is 2.23. The van der Waals surface area contributed by atoms with Crippen molar-refractivity contribution in [2.75, 3.05) is 0 Å². The summed E-state index contributed by atoms with van der Waals surface area (Å²) >= 11 is 0. The molecule has 0 saturated heterocycles. The molecule has 6 heteroatoms. The quantitative estimate of drug-likeness (QED) is 0.371. The predicted octanol–water partition coefficient (Wildman–Crippen LogP) is 0.424. The van der Waals surface area contributed by atoms with Crippen LogP contribution in [-0.4, -0.2) is 11.1 Å². The van der Waals surface area contributed by atoms with Gasteiger partial charge < -0.3 is 14.8 Å². The zero-order valence-corrected chi connectivity index (χ0v) is 7.77. The predicted molar refractivity (Wildman–Crippen MR) is 51.3 cm³/mol. The van der Waals surface area contributed by atoms with Crippen LogP contribution in [0.3, 0.4) is 0 Å². The maximum absolute atomic E-state index is 10.5. The van der Waals surface area contributed by atoms with E-state index in [1.165, 1.54) is 24.3 Å². The molecular weight excluding hydrogens is 200 g/mol. The van der Waals surface area contributed by atoms with E-state index in [4.69, 9.17) is 9.94 Å². The van der Waals surface area contributed by atoms with Crippen molar-refractivity contribution in [3.63, 3.8) is 0 Å².